The van der Waals surface area contributed by atoms with Gasteiger partial charge in [-0.05, 0) is 43.7 Å². The number of nitrogens with one attached hydrogen (secondary N) is 1. The summed E-state index contributed by atoms with van der Waals surface area (Å²) in [7, 11) is 0. The number of benzene rings is 2. The second kappa shape index (κ2) is 7.11. The molecule has 0 aliphatic carbocycles. The smallest absolute Gasteiger partial charge is 0.287 e. The fourth-order valence-electron chi connectivity index (χ4n) is 2.99. The maximum atomic E-state index is 12.6. The van der Waals surface area contributed by atoms with Gasteiger partial charge in [0.15, 0.2) is 11.2 Å². The van der Waals surface area contributed by atoms with Gasteiger partial charge in [0, 0.05) is 6.07 Å². The molecule has 0 spiro atoms. The Kier molecular flexibility index (Phi) is 4.49. The molecule has 2 aromatic heterocycles. The van der Waals surface area contributed by atoms with Gasteiger partial charge in [-0.1, -0.05) is 23.8 Å². The zero-order valence-electron chi connectivity index (χ0n) is 15.4. The molecule has 0 saturated heterocycles. The molecule has 1 amide bonds. The molecule has 4 rings (SSSR count). The Hall–Kier alpha value is -3.74. The van der Waals surface area contributed by atoms with E-state index in [2.05, 4.69) is 15.4 Å². The Morgan fingerprint density at radius 1 is 1.14 bits per heavy atom. The summed E-state index contributed by atoms with van der Waals surface area (Å²) in [5.41, 5.74) is 2.90. The van der Waals surface area contributed by atoms with E-state index >= 15 is 0 Å². The molecular formula is C21H18N4O3. The van der Waals surface area contributed by atoms with E-state index in [9.17, 15) is 9.59 Å². The molecule has 7 nitrogen and oxygen atoms in total. The van der Waals surface area contributed by atoms with Crippen molar-refractivity contribution in [1.82, 2.24) is 20.1 Å². The average Bonchev–Trinajstić information content (AvgIpc) is 3.23. The van der Waals surface area contributed by atoms with Crippen molar-refractivity contribution < 1.29 is 9.21 Å². The summed E-state index contributed by atoms with van der Waals surface area (Å²) in [4.78, 5) is 28.8. The van der Waals surface area contributed by atoms with Crippen molar-refractivity contribution in [2.24, 2.45) is 0 Å². The van der Waals surface area contributed by atoms with Gasteiger partial charge in [0.2, 0.25) is 0 Å². The first-order chi connectivity index (χ1) is 13.5. The number of amides is 1. The summed E-state index contributed by atoms with van der Waals surface area (Å²) in [5, 5.41) is 7.41. The van der Waals surface area contributed by atoms with E-state index < -0.39 is 5.91 Å². The molecule has 140 valence electrons. The Labute approximate surface area is 160 Å². The van der Waals surface area contributed by atoms with Gasteiger partial charge < -0.3 is 9.73 Å². The first-order valence-corrected chi connectivity index (χ1v) is 8.81. The minimum Gasteiger partial charge on any atom is -0.451 e. The molecule has 1 N–H and O–H groups in total. The van der Waals surface area contributed by atoms with E-state index in [-0.39, 0.29) is 17.2 Å². The molecule has 0 saturated carbocycles. The van der Waals surface area contributed by atoms with Crippen LogP contribution in [0.5, 0.6) is 0 Å². The minimum atomic E-state index is -0.438. The first-order valence-electron chi connectivity index (χ1n) is 8.81. The van der Waals surface area contributed by atoms with Gasteiger partial charge in [0.05, 0.1) is 17.1 Å². The summed E-state index contributed by atoms with van der Waals surface area (Å²) in [6, 6.07) is 13.9. The van der Waals surface area contributed by atoms with Crippen molar-refractivity contribution in [2.45, 2.75) is 19.9 Å². The van der Waals surface area contributed by atoms with E-state index in [1.54, 1.807) is 23.1 Å². The lowest BCUT2D eigenvalue weighted by molar-refractivity contribution is 0.0912. The van der Waals surface area contributed by atoms with Crippen molar-refractivity contribution in [3.05, 3.63) is 88.3 Å². The number of carbonyl (C=O) groups is 1. The van der Waals surface area contributed by atoms with Crippen molar-refractivity contribution in [2.75, 3.05) is 0 Å². The van der Waals surface area contributed by atoms with E-state index in [4.69, 9.17) is 4.42 Å². The van der Waals surface area contributed by atoms with Gasteiger partial charge in [-0.15, -0.1) is 0 Å². The van der Waals surface area contributed by atoms with Crippen molar-refractivity contribution in [1.29, 1.82) is 0 Å². The lowest BCUT2D eigenvalue weighted by atomic mass is 10.1. The number of nitrogens with zero attached hydrogens (tertiary/aromatic N) is 3. The molecule has 4 aromatic rings. The standard InChI is InChI=1S/C21H18N4O3/c1-13-3-8-19-17(9-13)18(26)10-20(28-19)21(27)24-14(2)15-4-6-16(7-5-15)25-12-22-11-23-25/h3-12,14H,1-2H3,(H,24,27). The van der Waals surface area contributed by atoms with E-state index in [1.165, 1.54) is 12.4 Å². The molecule has 1 unspecified atom stereocenters. The highest BCUT2D eigenvalue weighted by Gasteiger charge is 2.16. The zero-order chi connectivity index (χ0) is 19.7. The van der Waals surface area contributed by atoms with Crippen LogP contribution in [0.25, 0.3) is 16.7 Å². The molecule has 1 atom stereocenters. The zero-order valence-corrected chi connectivity index (χ0v) is 15.4. The highest BCUT2D eigenvalue weighted by molar-refractivity contribution is 5.93. The van der Waals surface area contributed by atoms with Crippen molar-refractivity contribution >= 4 is 16.9 Å². The van der Waals surface area contributed by atoms with Gasteiger partial charge in [-0.3, -0.25) is 9.59 Å². The Balaban J connectivity index is 1.54. The van der Waals surface area contributed by atoms with E-state index in [0.29, 0.717) is 11.0 Å². The SMILES string of the molecule is Cc1ccc2oc(C(=O)NC(C)c3ccc(-n4cncn4)cc3)cc(=O)c2c1. The largest absolute Gasteiger partial charge is 0.451 e. The lowest BCUT2D eigenvalue weighted by Gasteiger charge is -2.14. The molecule has 28 heavy (non-hydrogen) atoms. The number of fused-ring (bicyclic) bond motifs is 1. The molecule has 0 bridgehead atoms. The van der Waals surface area contributed by atoms with Crippen LogP contribution in [0, 0.1) is 6.92 Å². The minimum absolute atomic E-state index is 0.00700. The molecule has 0 radical (unpaired) electrons. The van der Waals surface area contributed by atoms with Crippen LogP contribution in [0.2, 0.25) is 0 Å². The fourth-order valence-corrected chi connectivity index (χ4v) is 2.99. The maximum Gasteiger partial charge on any atom is 0.287 e. The normalized spacial score (nSPS) is 12.1. The van der Waals surface area contributed by atoms with Crippen LogP contribution in [0.1, 0.15) is 34.6 Å². The van der Waals surface area contributed by atoms with Crippen LogP contribution in [0.15, 0.2) is 70.4 Å². The first kappa shape index (κ1) is 17.7. The second-order valence-corrected chi connectivity index (χ2v) is 6.60. The Morgan fingerprint density at radius 2 is 1.93 bits per heavy atom. The topological polar surface area (TPSA) is 90.0 Å². The van der Waals surface area contributed by atoms with Crippen LogP contribution in [0.3, 0.4) is 0 Å². The molecule has 0 aliphatic heterocycles. The highest BCUT2D eigenvalue weighted by Crippen LogP contribution is 2.17. The molecule has 2 aromatic carbocycles. The number of hydrogen-bond donors (Lipinski definition) is 1. The van der Waals surface area contributed by atoms with Crippen LogP contribution in [-0.2, 0) is 0 Å². The van der Waals surface area contributed by atoms with Crippen LogP contribution < -0.4 is 10.7 Å². The van der Waals surface area contributed by atoms with Gasteiger partial charge >= 0.3 is 0 Å². The number of rotatable bonds is 4. The predicted octanol–water partition coefficient (Wildman–Crippen LogP) is 3.17. The summed E-state index contributed by atoms with van der Waals surface area (Å²) in [5.74, 6) is -0.445. The third kappa shape index (κ3) is 3.42. The van der Waals surface area contributed by atoms with Crippen LogP contribution >= 0.6 is 0 Å². The molecule has 2 heterocycles. The maximum absolute atomic E-state index is 12.6. The van der Waals surface area contributed by atoms with Gasteiger partial charge in [0.25, 0.3) is 5.91 Å². The van der Waals surface area contributed by atoms with Crippen LogP contribution in [-0.4, -0.2) is 20.7 Å². The summed E-state index contributed by atoms with van der Waals surface area (Å²) in [6.07, 6.45) is 3.08. The number of hydrogen-bond acceptors (Lipinski definition) is 5. The van der Waals surface area contributed by atoms with Gasteiger partial charge in [-0.2, -0.15) is 5.10 Å². The molecular weight excluding hydrogens is 356 g/mol. The molecule has 0 aliphatic rings. The predicted molar refractivity (Wildman–Crippen MR) is 104 cm³/mol. The monoisotopic (exact) mass is 374 g/mol. The van der Waals surface area contributed by atoms with Gasteiger partial charge in [0.1, 0.15) is 18.2 Å². The Bertz CT molecular complexity index is 1190. The third-order valence-corrected chi connectivity index (χ3v) is 4.53. The number of aryl methyl sites for hydroxylation is 1. The van der Waals surface area contributed by atoms with Crippen LogP contribution in [0.4, 0.5) is 0 Å². The summed E-state index contributed by atoms with van der Waals surface area (Å²) >= 11 is 0. The quantitative estimate of drug-likeness (QED) is 0.592. The number of carbonyl (C=O) groups excluding carboxylic acids is 1. The average molecular weight is 374 g/mol. The van der Waals surface area contributed by atoms with Crippen molar-refractivity contribution in [3.63, 3.8) is 0 Å². The second-order valence-electron chi connectivity index (χ2n) is 6.60. The van der Waals surface area contributed by atoms with E-state index in [1.807, 2.05) is 44.2 Å². The summed E-state index contributed by atoms with van der Waals surface area (Å²) < 4.78 is 7.28. The molecule has 7 heteroatoms. The fraction of sp³-hybridized carbons (Fsp3) is 0.143. The third-order valence-electron chi connectivity index (χ3n) is 4.53. The molecule has 0 fully saturated rings. The van der Waals surface area contributed by atoms with Gasteiger partial charge in [-0.25, -0.2) is 9.67 Å². The number of aromatic nitrogens is 3. The van der Waals surface area contributed by atoms with E-state index in [0.717, 1.165) is 16.8 Å². The summed E-state index contributed by atoms with van der Waals surface area (Å²) in [6.45, 7) is 3.76. The Morgan fingerprint density at radius 3 is 2.64 bits per heavy atom. The highest BCUT2D eigenvalue weighted by atomic mass is 16.3. The lowest BCUT2D eigenvalue weighted by Crippen LogP contribution is -2.27. The van der Waals surface area contributed by atoms with Crippen molar-refractivity contribution in [3.8, 4) is 5.69 Å².